The first-order valence-electron chi connectivity index (χ1n) is 8.66. The van der Waals surface area contributed by atoms with Crippen molar-refractivity contribution in [1.82, 2.24) is 15.6 Å². The Morgan fingerprint density at radius 2 is 1.77 bits per heavy atom. The molecule has 1 heterocycles. The minimum Gasteiger partial charge on any atom is -0.357 e. The highest BCUT2D eigenvalue weighted by Gasteiger charge is 2.03. The number of pyridine rings is 1. The average molecular weight is 460 g/mol. The molecule has 0 aliphatic carbocycles. The molecule has 0 aliphatic heterocycles. The molecule has 0 atom stereocenters. The van der Waals surface area contributed by atoms with Gasteiger partial charge in [-0.3, -0.25) is 4.98 Å². The quantitative estimate of drug-likeness (QED) is 0.337. The summed E-state index contributed by atoms with van der Waals surface area (Å²) in [5.41, 5.74) is 3.49. The van der Waals surface area contributed by atoms with E-state index in [1.165, 1.54) is 21.9 Å². The summed E-state index contributed by atoms with van der Waals surface area (Å²) in [7, 11) is 0. The van der Waals surface area contributed by atoms with Crippen LogP contribution in [0, 0.1) is 6.92 Å². The largest absolute Gasteiger partial charge is 0.357 e. The van der Waals surface area contributed by atoms with E-state index in [1.807, 2.05) is 24.4 Å². The molecular formula is C21H25IN4. The Morgan fingerprint density at radius 1 is 1.00 bits per heavy atom. The van der Waals surface area contributed by atoms with Crippen molar-refractivity contribution in [3.8, 4) is 0 Å². The van der Waals surface area contributed by atoms with Crippen molar-refractivity contribution in [2.45, 2.75) is 26.9 Å². The van der Waals surface area contributed by atoms with Gasteiger partial charge in [0.25, 0.3) is 0 Å². The van der Waals surface area contributed by atoms with E-state index in [4.69, 9.17) is 0 Å². The Labute approximate surface area is 172 Å². The first-order valence-corrected chi connectivity index (χ1v) is 8.66. The van der Waals surface area contributed by atoms with Crippen molar-refractivity contribution < 1.29 is 0 Å². The molecule has 0 radical (unpaired) electrons. The number of guanidine groups is 1. The van der Waals surface area contributed by atoms with Crippen LogP contribution in [0.4, 0.5) is 0 Å². The molecule has 26 heavy (non-hydrogen) atoms. The lowest BCUT2D eigenvalue weighted by Crippen LogP contribution is -2.37. The summed E-state index contributed by atoms with van der Waals surface area (Å²) < 4.78 is 0. The van der Waals surface area contributed by atoms with E-state index in [0.717, 1.165) is 18.2 Å². The number of nitrogens with zero attached hydrogens (tertiary/aromatic N) is 2. The minimum atomic E-state index is 0. The highest BCUT2D eigenvalue weighted by atomic mass is 127. The summed E-state index contributed by atoms with van der Waals surface area (Å²) in [4.78, 5) is 9.20. The fraction of sp³-hybridized carbons (Fsp3) is 0.238. The first-order chi connectivity index (χ1) is 12.3. The SMILES string of the molecule is CCNC(=NCc1ccc(C)cc1)NCc1nccc2ccccc12.I. The normalized spacial score (nSPS) is 11.1. The lowest BCUT2D eigenvalue weighted by Gasteiger charge is -2.12. The van der Waals surface area contributed by atoms with Crippen molar-refractivity contribution in [3.63, 3.8) is 0 Å². The highest BCUT2D eigenvalue weighted by molar-refractivity contribution is 14.0. The molecular weight excluding hydrogens is 435 g/mol. The monoisotopic (exact) mass is 460 g/mol. The molecule has 136 valence electrons. The number of halogens is 1. The minimum absolute atomic E-state index is 0. The summed E-state index contributed by atoms with van der Waals surface area (Å²) in [6, 6.07) is 18.8. The lowest BCUT2D eigenvalue weighted by molar-refractivity contribution is 0.804. The maximum Gasteiger partial charge on any atom is 0.191 e. The van der Waals surface area contributed by atoms with Gasteiger partial charge >= 0.3 is 0 Å². The van der Waals surface area contributed by atoms with Crippen molar-refractivity contribution in [2.75, 3.05) is 6.54 Å². The second kappa shape index (κ2) is 10.1. The summed E-state index contributed by atoms with van der Waals surface area (Å²) in [6.45, 7) is 6.28. The molecule has 3 aromatic rings. The molecule has 3 rings (SSSR count). The molecule has 0 unspecified atom stereocenters. The number of rotatable bonds is 5. The van der Waals surface area contributed by atoms with Crippen LogP contribution in [-0.4, -0.2) is 17.5 Å². The summed E-state index contributed by atoms with van der Waals surface area (Å²) in [5.74, 6) is 0.804. The molecule has 4 nitrogen and oxygen atoms in total. The number of hydrogen-bond donors (Lipinski definition) is 2. The highest BCUT2D eigenvalue weighted by Crippen LogP contribution is 2.15. The summed E-state index contributed by atoms with van der Waals surface area (Å²) in [6.07, 6.45) is 1.86. The zero-order valence-corrected chi connectivity index (χ0v) is 17.5. The van der Waals surface area contributed by atoms with E-state index >= 15 is 0 Å². The topological polar surface area (TPSA) is 49.3 Å². The Balaban J connectivity index is 0.00000243. The summed E-state index contributed by atoms with van der Waals surface area (Å²) >= 11 is 0. The van der Waals surface area contributed by atoms with E-state index in [-0.39, 0.29) is 24.0 Å². The predicted molar refractivity (Wildman–Crippen MR) is 120 cm³/mol. The van der Waals surface area contributed by atoms with Gasteiger partial charge in [-0.1, -0.05) is 54.1 Å². The van der Waals surface area contributed by atoms with E-state index in [2.05, 4.69) is 70.9 Å². The lowest BCUT2D eigenvalue weighted by atomic mass is 10.1. The van der Waals surface area contributed by atoms with Crippen molar-refractivity contribution in [3.05, 3.63) is 77.6 Å². The predicted octanol–water partition coefficient (Wildman–Crippen LogP) is 4.42. The second-order valence-electron chi connectivity index (χ2n) is 6.01. The maximum absolute atomic E-state index is 4.68. The average Bonchev–Trinajstić information content (AvgIpc) is 2.65. The number of nitrogens with one attached hydrogen (secondary N) is 2. The van der Waals surface area contributed by atoms with Gasteiger partial charge in [0.1, 0.15) is 0 Å². The zero-order valence-electron chi connectivity index (χ0n) is 15.2. The van der Waals surface area contributed by atoms with Crippen LogP contribution >= 0.6 is 24.0 Å². The smallest absolute Gasteiger partial charge is 0.191 e. The standard InChI is InChI=1S/C21H24N4.HI/c1-3-22-21(24-14-17-10-8-16(2)9-11-17)25-15-20-19-7-5-4-6-18(19)12-13-23-20;/h4-13H,3,14-15H2,1-2H3,(H2,22,24,25);1H. The molecule has 0 fully saturated rings. The van der Waals surface area contributed by atoms with Crippen molar-refractivity contribution >= 4 is 40.7 Å². The number of aromatic nitrogens is 1. The van der Waals surface area contributed by atoms with E-state index < -0.39 is 0 Å². The molecule has 0 aliphatic rings. The van der Waals surface area contributed by atoms with Gasteiger partial charge in [-0.05, 0) is 30.9 Å². The van der Waals surface area contributed by atoms with Gasteiger partial charge in [0.2, 0.25) is 0 Å². The number of benzene rings is 2. The Hall–Kier alpha value is -2.15. The third-order valence-corrected chi connectivity index (χ3v) is 4.06. The van der Waals surface area contributed by atoms with Crippen molar-refractivity contribution in [2.24, 2.45) is 4.99 Å². The van der Waals surface area contributed by atoms with E-state index in [1.54, 1.807) is 0 Å². The van der Waals surface area contributed by atoms with Crippen LogP contribution < -0.4 is 10.6 Å². The first kappa shape index (κ1) is 20.2. The third-order valence-electron chi connectivity index (χ3n) is 4.06. The maximum atomic E-state index is 4.68. The Kier molecular flexibility index (Phi) is 7.84. The fourth-order valence-corrected chi connectivity index (χ4v) is 2.70. The molecule has 2 aromatic carbocycles. The Morgan fingerprint density at radius 3 is 2.54 bits per heavy atom. The number of fused-ring (bicyclic) bond motifs is 1. The van der Waals surface area contributed by atoms with E-state index in [9.17, 15) is 0 Å². The van der Waals surface area contributed by atoms with Crippen LogP contribution in [0.2, 0.25) is 0 Å². The molecule has 0 spiro atoms. The van der Waals surface area contributed by atoms with Crippen LogP contribution in [0.5, 0.6) is 0 Å². The number of aryl methyl sites for hydroxylation is 1. The zero-order chi connectivity index (χ0) is 17.5. The van der Waals surface area contributed by atoms with Crippen LogP contribution in [-0.2, 0) is 13.1 Å². The van der Waals surface area contributed by atoms with Gasteiger partial charge in [-0.2, -0.15) is 0 Å². The summed E-state index contributed by atoms with van der Waals surface area (Å²) in [5, 5.41) is 9.06. The number of hydrogen-bond acceptors (Lipinski definition) is 2. The molecule has 1 aromatic heterocycles. The van der Waals surface area contributed by atoms with Crippen molar-refractivity contribution in [1.29, 1.82) is 0 Å². The second-order valence-corrected chi connectivity index (χ2v) is 6.01. The molecule has 0 bridgehead atoms. The fourth-order valence-electron chi connectivity index (χ4n) is 2.70. The molecule has 5 heteroatoms. The van der Waals surface area contributed by atoms with Gasteiger partial charge in [0, 0.05) is 18.1 Å². The number of aliphatic imine (C=N–C) groups is 1. The van der Waals surface area contributed by atoms with Crippen LogP contribution in [0.3, 0.4) is 0 Å². The van der Waals surface area contributed by atoms with Crippen LogP contribution in [0.1, 0.15) is 23.7 Å². The van der Waals surface area contributed by atoms with Gasteiger partial charge in [0.15, 0.2) is 5.96 Å². The van der Waals surface area contributed by atoms with E-state index in [0.29, 0.717) is 13.1 Å². The third kappa shape index (κ3) is 5.42. The van der Waals surface area contributed by atoms with Gasteiger partial charge in [-0.25, -0.2) is 4.99 Å². The Bertz CT molecular complexity index is 854. The molecule has 2 N–H and O–H groups in total. The van der Waals surface area contributed by atoms with Gasteiger partial charge < -0.3 is 10.6 Å². The van der Waals surface area contributed by atoms with Gasteiger partial charge in [-0.15, -0.1) is 24.0 Å². The molecule has 0 saturated heterocycles. The van der Waals surface area contributed by atoms with Crippen LogP contribution in [0.25, 0.3) is 10.8 Å². The molecule has 0 saturated carbocycles. The van der Waals surface area contributed by atoms with Gasteiger partial charge in [0.05, 0.1) is 18.8 Å². The van der Waals surface area contributed by atoms with Crippen LogP contribution in [0.15, 0.2) is 65.8 Å². The molecule has 0 amide bonds.